The Hall–Kier alpha value is -1.39. The molecule has 1 aromatic rings. The van der Waals surface area contributed by atoms with Gasteiger partial charge in [0.15, 0.2) is 0 Å². The predicted molar refractivity (Wildman–Crippen MR) is 101 cm³/mol. The molecule has 0 N–H and O–H groups in total. The number of benzene rings is 1. The molecule has 136 valence electrons. The molecule has 1 aromatic carbocycles. The van der Waals surface area contributed by atoms with Gasteiger partial charge in [0, 0.05) is 57.4 Å². The summed E-state index contributed by atoms with van der Waals surface area (Å²) in [5.41, 5.74) is 2.17. The largest absolute Gasteiger partial charge is 0.339 e. The summed E-state index contributed by atoms with van der Waals surface area (Å²) in [4.78, 5) is 19.7. The number of carbonyl (C=O) groups excluding carboxylic acids is 1. The van der Waals surface area contributed by atoms with Gasteiger partial charge in [-0.2, -0.15) is 0 Å². The van der Waals surface area contributed by atoms with Crippen LogP contribution in [0.2, 0.25) is 0 Å². The number of nitrogens with zero attached hydrogens (tertiary/aromatic N) is 3. The van der Waals surface area contributed by atoms with E-state index in [1.54, 1.807) is 0 Å². The van der Waals surface area contributed by atoms with Crippen molar-refractivity contribution in [3.05, 3.63) is 35.4 Å². The third-order valence-corrected chi connectivity index (χ3v) is 6.25. The van der Waals surface area contributed by atoms with Crippen LogP contribution in [0.15, 0.2) is 24.3 Å². The van der Waals surface area contributed by atoms with Gasteiger partial charge in [0.1, 0.15) is 0 Å². The van der Waals surface area contributed by atoms with Crippen LogP contribution in [0.25, 0.3) is 0 Å². The van der Waals surface area contributed by atoms with Gasteiger partial charge in [0.05, 0.1) is 0 Å². The molecule has 25 heavy (non-hydrogen) atoms. The molecule has 3 aliphatic rings. The second kappa shape index (κ2) is 7.88. The van der Waals surface area contributed by atoms with Crippen LogP contribution in [0, 0.1) is 0 Å². The Morgan fingerprint density at radius 1 is 0.840 bits per heavy atom. The van der Waals surface area contributed by atoms with E-state index in [-0.39, 0.29) is 5.91 Å². The Morgan fingerprint density at radius 2 is 1.48 bits per heavy atom. The monoisotopic (exact) mass is 341 g/mol. The SMILES string of the molecule is O=C(c1ccc(CN2CCN(C3CCCC3)CC2)cc1)N1CCCC1. The van der Waals surface area contributed by atoms with Gasteiger partial charge >= 0.3 is 0 Å². The van der Waals surface area contributed by atoms with Crippen LogP contribution in [0.1, 0.15) is 54.4 Å². The summed E-state index contributed by atoms with van der Waals surface area (Å²) in [7, 11) is 0. The van der Waals surface area contributed by atoms with E-state index in [4.69, 9.17) is 0 Å². The van der Waals surface area contributed by atoms with Gasteiger partial charge in [0.2, 0.25) is 0 Å². The first-order valence-corrected chi connectivity index (χ1v) is 10.1. The summed E-state index contributed by atoms with van der Waals surface area (Å²) in [6.07, 6.45) is 7.97. The first kappa shape index (κ1) is 17.0. The fraction of sp³-hybridized carbons (Fsp3) is 0.667. The van der Waals surface area contributed by atoms with Crippen LogP contribution in [-0.2, 0) is 6.54 Å². The minimum absolute atomic E-state index is 0.203. The number of amides is 1. The van der Waals surface area contributed by atoms with E-state index in [9.17, 15) is 4.79 Å². The van der Waals surface area contributed by atoms with Crippen molar-refractivity contribution < 1.29 is 4.79 Å². The van der Waals surface area contributed by atoms with Gasteiger partial charge in [-0.05, 0) is 43.4 Å². The molecule has 2 heterocycles. The standard InChI is InChI=1S/C21H31N3O/c25-21(24-11-3-4-12-24)19-9-7-18(8-10-19)17-22-13-15-23(16-14-22)20-5-1-2-6-20/h7-10,20H,1-6,11-17H2. The van der Waals surface area contributed by atoms with Crippen LogP contribution in [0.4, 0.5) is 0 Å². The van der Waals surface area contributed by atoms with Crippen LogP contribution in [0.3, 0.4) is 0 Å². The normalized spacial score (nSPS) is 23.4. The molecule has 0 spiro atoms. The number of hydrogen-bond donors (Lipinski definition) is 0. The number of likely N-dealkylation sites (tertiary alicyclic amines) is 1. The maximum atomic E-state index is 12.4. The summed E-state index contributed by atoms with van der Waals surface area (Å²) in [6, 6.07) is 9.19. The highest BCUT2D eigenvalue weighted by Crippen LogP contribution is 2.24. The predicted octanol–water partition coefficient (Wildman–Crippen LogP) is 2.98. The van der Waals surface area contributed by atoms with E-state index in [0.29, 0.717) is 0 Å². The quantitative estimate of drug-likeness (QED) is 0.842. The van der Waals surface area contributed by atoms with E-state index < -0.39 is 0 Å². The van der Waals surface area contributed by atoms with Gasteiger partial charge < -0.3 is 4.90 Å². The third kappa shape index (κ3) is 4.06. The Bertz CT molecular complexity index is 565. The lowest BCUT2D eigenvalue weighted by Gasteiger charge is -2.38. The van der Waals surface area contributed by atoms with E-state index in [2.05, 4.69) is 21.9 Å². The molecule has 4 nitrogen and oxygen atoms in total. The van der Waals surface area contributed by atoms with E-state index in [1.165, 1.54) is 57.4 Å². The van der Waals surface area contributed by atoms with Crippen molar-refractivity contribution in [2.24, 2.45) is 0 Å². The highest BCUT2D eigenvalue weighted by atomic mass is 16.2. The summed E-state index contributed by atoms with van der Waals surface area (Å²) in [5.74, 6) is 0.203. The molecular formula is C21H31N3O. The van der Waals surface area contributed by atoms with Gasteiger partial charge in [-0.15, -0.1) is 0 Å². The Kier molecular flexibility index (Phi) is 5.37. The zero-order valence-corrected chi connectivity index (χ0v) is 15.3. The molecule has 0 atom stereocenters. The summed E-state index contributed by atoms with van der Waals surface area (Å²) in [5, 5.41) is 0. The second-order valence-corrected chi connectivity index (χ2v) is 7.95. The molecule has 4 heteroatoms. The zero-order chi connectivity index (χ0) is 17.1. The molecule has 2 aliphatic heterocycles. The maximum Gasteiger partial charge on any atom is 0.253 e. The smallest absolute Gasteiger partial charge is 0.253 e. The molecule has 2 saturated heterocycles. The molecule has 3 fully saturated rings. The van der Waals surface area contributed by atoms with Crippen molar-refractivity contribution in [1.82, 2.24) is 14.7 Å². The first-order valence-electron chi connectivity index (χ1n) is 10.1. The van der Waals surface area contributed by atoms with E-state index in [0.717, 1.165) is 44.1 Å². The highest BCUT2D eigenvalue weighted by molar-refractivity contribution is 5.94. The van der Waals surface area contributed by atoms with Crippen molar-refractivity contribution in [3.8, 4) is 0 Å². The number of carbonyl (C=O) groups is 1. The summed E-state index contributed by atoms with van der Waals surface area (Å²) >= 11 is 0. The Morgan fingerprint density at radius 3 is 2.12 bits per heavy atom. The average molecular weight is 341 g/mol. The third-order valence-electron chi connectivity index (χ3n) is 6.25. The van der Waals surface area contributed by atoms with Crippen LogP contribution >= 0.6 is 0 Å². The van der Waals surface area contributed by atoms with Crippen LogP contribution in [0.5, 0.6) is 0 Å². The maximum absolute atomic E-state index is 12.4. The highest BCUT2D eigenvalue weighted by Gasteiger charge is 2.26. The van der Waals surface area contributed by atoms with Crippen molar-refractivity contribution >= 4 is 5.91 Å². The summed E-state index contributed by atoms with van der Waals surface area (Å²) in [6.45, 7) is 7.64. The molecule has 0 unspecified atom stereocenters. The summed E-state index contributed by atoms with van der Waals surface area (Å²) < 4.78 is 0. The van der Waals surface area contributed by atoms with Gasteiger partial charge in [-0.1, -0.05) is 25.0 Å². The zero-order valence-electron chi connectivity index (χ0n) is 15.3. The van der Waals surface area contributed by atoms with Crippen molar-refractivity contribution in [2.45, 2.75) is 51.1 Å². The van der Waals surface area contributed by atoms with Crippen molar-refractivity contribution in [2.75, 3.05) is 39.3 Å². The number of hydrogen-bond acceptors (Lipinski definition) is 3. The molecule has 1 saturated carbocycles. The van der Waals surface area contributed by atoms with Crippen LogP contribution < -0.4 is 0 Å². The number of rotatable bonds is 4. The molecule has 4 rings (SSSR count). The number of piperazine rings is 1. The first-order chi connectivity index (χ1) is 12.3. The lowest BCUT2D eigenvalue weighted by Crippen LogP contribution is -2.49. The minimum Gasteiger partial charge on any atom is -0.339 e. The van der Waals surface area contributed by atoms with Gasteiger partial charge in [0.25, 0.3) is 5.91 Å². The van der Waals surface area contributed by atoms with Crippen molar-refractivity contribution in [3.63, 3.8) is 0 Å². The molecule has 1 aliphatic carbocycles. The molecule has 0 radical (unpaired) electrons. The average Bonchev–Trinajstić information content (AvgIpc) is 3.36. The lowest BCUT2D eigenvalue weighted by molar-refractivity contribution is 0.0792. The lowest BCUT2D eigenvalue weighted by atomic mass is 10.1. The van der Waals surface area contributed by atoms with E-state index in [1.807, 2.05) is 17.0 Å². The molecule has 0 bridgehead atoms. The van der Waals surface area contributed by atoms with Crippen LogP contribution in [-0.4, -0.2) is 65.9 Å². The molecular weight excluding hydrogens is 310 g/mol. The Balaban J connectivity index is 1.27. The minimum atomic E-state index is 0.203. The topological polar surface area (TPSA) is 26.8 Å². The molecule has 1 amide bonds. The fourth-order valence-corrected chi connectivity index (χ4v) is 4.67. The van der Waals surface area contributed by atoms with E-state index >= 15 is 0 Å². The Labute approximate surface area is 151 Å². The fourth-order valence-electron chi connectivity index (χ4n) is 4.67. The van der Waals surface area contributed by atoms with Crippen molar-refractivity contribution in [1.29, 1.82) is 0 Å². The molecule has 0 aromatic heterocycles. The second-order valence-electron chi connectivity index (χ2n) is 7.95. The van der Waals surface area contributed by atoms with Gasteiger partial charge in [-0.3, -0.25) is 14.6 Å². The van der Waals surface area contributed by atoms with Gasteiger partial charge in [-0.25, -0.2) is 0 Å².